The summed E-state index contributed by atoms with van der Waals surface area (Å²) in [7, 11) is 0. The zero-order valence-electron chi connectivity index (χ0n) is 19.7. The first-order valence-corrected chi connectivity index (χ1v) is 12.2. The quantitative estimate of drug-likeness (QED) is 0.407. The average Bonchev–Trinajstić information content (AvgIpc) is 3.27. The Morgan fingerprint density at radius 2 is 1.74 bits per heavy atom. The predicted octanol–water partition coefficient (Wildman–Crippen LogP) is 5.39. The van der Waals surface area contributed by atoms with Crippen LogP contribution in [-0.2, 0) is 12.8 Å². The van der Waals surface area contributed by atoms with E-state index in [1.165, 1.54) is 11.1 Å². The second kappa shape index (κ2) is 10.1. The highest BCUT2D eigenvalue weighted by molar-refractivity contribution is 6.03. The van der Waals surface area contributed by atoms with Gasteiger partial charge in [0, 0.05) is 18.7 Å². The monoisotopic (exact) mass is 453 g/mol. The standard InChI is InChI=1S/C28H31N5O/c1-2-6-21-9-11-24(12-10-21)28(34)30-25-20-33-26(29-25)13-14-27(31-33)32-17-15-23(16-18-32)19-22-7-4-3-5-8-22/h3-5,7-14,20,23H,2,6,15-19H2,1H3,(H,30,34). The molecule has 0 unspecified atom stereocenters. The Bertz CT molecular complexity index is 1240. The molecule has 1 fully saturated rings. The lowest BCUT2D eigenvalue weighted by Crippen LogP contribution is -2.35. The molecule has 0 aliphatic carbocycles. The van der Waals surface area contributed by atoms with Gasteiger partial charge in [-0.1, -0.05) is 55.8 Å². The molecule has 0 bridgehead atoms. The number of imidazole rings is 1. The van der Waals surface area contributed by atoms with Gasteiger partial charge >= 0.3 is 0 Å². The van der Waals surface area contributed by atoms with Crippen LogP contribution in [0.4, 0.5) is 11.6 Å². The highest BCUT2D eigenvalue weighted by Crippen LogP contribution is 2.25. The van der Waals surface area contributed by atoms with Crippen LogP contribution in [0.15, 0.2) is 72.9 Å². The number of nitrogens with zero attached hydrogens (tertiary/aromatic N) is 4. The van der Waals surface area contributed by atoms with Crippen LogP contribution in [0.25, 0.3) is 5.65 Å². The van der Waals surface area contributed by atoms with E-state index in [0.29, 0.717) is 17.3 Å². The van der Waals surface area contributed by atoms with Crippen molar-refractivity contribution < 1.29 is 4.79 Å². The van der Waals surface area contributed by atoms with Gasteiger partial charge in [0.1, 0.15) is 5.82 Å². The number of aryl methyl sites for hydroxylation is 1. The number of amides is 1. The summed E-state index contributed by atoms with van der Waals surface area (Å²) in [6, 6.07) is 22.5. The minimum Gasteiger partial charge on any atom is -0.355 e. The van der Waals surface area contributed by atoms with Crippen molar-refractivity contribution in [3.63, 3.8) is 0 Å². The molecular weight excluding hydrogens is 422 g/mol. The fraction of sp³-hybridized carbons (Fsp3) is 0.321. The topological polar surface area (TPSA) is 62.5 Å². The lowest BCUT2D eigenvalue weighted by atomic mass is 9.90. The van der Waals surface area contributed by atoms with E-state index in [1.54, 1.807) is 10.7 Å². The maximum Gasteiger partial charge on any atom is 0.256 e. The van der Waals surface area contributed by atoms with E-state index in [4.69, 9.17) is 5.10 Å². The van der Waals surface area contributed by atoms with Crippen LogP contribution in [0.2, 0.25) is 0 Å². The molecule has 3 heterocycles. The maximum absolute atomic E-state index is 12.6. The van der Waals surface area contributed by atoms with Gasteiger partial charge in [0.25, 0.3) is 5.91 Å². The Hall–Kier alpha value is -3.67. The molecular formula is C28H31N5O. The number of nitrogens with one attached hydrogen (secondary N) is 1. The number of carbonyl (C=O) groups excluding carboxylic acids is 1. The Kier molecular flexibility index (Phi) is 6.56. The summed E-state index contributed by atoms with van der Waals surface area (Å²) in [6.45, 7) is 4.15. The summed E-state index contributed by atoms with van der Waals surface area (Å²) in [6.07, 6.45) is 7.37. The number of anilines is 2. The van der Waals surface area contributed by atoms with Crippen LogP contribution >= 0.6 is 0 Å². The molecule has 1 N–H and O–H groups in total. The highest BCUT2D eigenvalue weighted by Gasteiger charge is 2.21. The Morgan fingerprint density at radius 3 is 2.47 bits per heavy atom. The summed E-state index contributed by atoms with van der Waals surface area (Å²) < 4.78 is 1.76. The van der Waals surface area contributed by atoms with Gasteiger partial charge in [0.05, 0.1) is 6.20 Å². The van der Waals surface area contributed by atoms with E-state index in [2.05, 4.69) is 52.5 Å². The number of aromatic nitrogens is 3. The van der Waals surface area contributed by atoms with Crippen molar-refractivity contribution in [2.45, 2.75) is 39.0 Å². The number of benzene rings is 2. The molecule has 34 heavy (non-hydrogen) atoms. The molecule has 6 nitrogen and oxygen atoms in total. The highest BCUT2D eigenvalue weighted by atomic mass is 16.1. The lowest BCUT2D eigenvalue weighted by molar-refractivity contribution is 0.102. The fourth-order valence-electron chi connectivity index (χ4n) is 4.71. The van der Waals surface area contributed by atoms with Crippen LogP contribution in [0.5, 0.6) is 0 Å². The minimum atomic E-state index is -0.160. The molecule has 0 spiro atoms. The molecule has 1 aliphatic heterocycles. The van der Waals surface area contributed by atoms with E-state index in [9.17, 15) is 4.79 Å². The Balaban J connectivity index is 1.21. The number of piperidine rings is 1. The molecule has 1 amide bonds. The first-order valence-electron chi connectivity index (χ1n) is 12.2. The van der Waals surface area contributed by atoms with Crippen molar-refractivity contribution in [2.24, 2.45) is 5.92 Å². The number of hydrogen-bond donors (Lipinski definition) is 1. The number of carbonyl (C=O) groups is 1. The molecule has 2 aromatic heterocycles. The van der Waals surface area contributed by atoms with Gasteiger partial charge in [-0.2, -0.15) is 0 Å². The molecule has 6 heteroatoms. The van der Waals surface area contributed by atoms with Crippen molar-refractivity contribution >= 4 is 23.2 Å². The Labute approximate surface area is 200 Å². The van der Waals surface area contributed by atoms with Crippen LogP contribution in [-0.4, -0.2) is 33.6 Å². The van der Waals surface area contributed by atoms with Gasteiger partial charge in [0.2, 0.25) is 0 Å². The molecule has 5 rings (SSSR count). The number of rotatable bonds is 7. The first-order chi connectivity index (χ1) is 16.7. The van der Waals surface area contributed by atoms with Crippen molar-refractivity contribution in [3.05, 3.63) is 89.6 Å². The van der Waals surface area contributed by atoms with Crippen LogP contribution in [0, 0.1) is 5.92 Å². The largest absolute Gasteiger partial charge is 0.355 e. The van der Waals surface area contributed by atoms with Crippen LogP contribution in [0.1, 0.15) is 47.7 Å². The third-order valence-corrected chi connectivity index (χ3v) is 6.61. The van der Waals surface area contributed by atoms with Gasteiger partial charge in [-0.25, -0.2) is 9.50 Å². The lowest BCUT2D eigenvalue weighted by Gasteiger charge is -2.32. The summed E-state index contributed by atoms with van der Waals surface area (Å²) in [4.78, 5) is 19.5. The second-order valence-corrected chi connectivity index (χ2v) is 9.14. The normalized spacial score (nSPS) is 14.4. The molecule has 0 radical (unpaired) electrons. The zero-order chi connectivity index (χ0) is 23.3. The molecule has 4 aromatic rings. The van der Waals surface area contributed by atoms with E-state index < -0.39 is 0 Å². The van der Waals surface area contributed by atoms with E-state index >= 15 is 0 Å². The Morgan fingerprint density at radius 1 is 0.971 bits per heavy atom. The molecule has 1 saturated heterocycles. The van der Waals surface area contributed by atoms with Gasteiger partial charge < -0.3 is 10.2 Å². The van der Waals surface area contributed by atoms with Crippen molar-refractivity contribution in [3.8, 4) is 0 Å². The molecule has 2 aromatic carbocycles. The van der Waals surface area contributed by atoms with Gasteiger partial charge in [-0.3, -0.25) is 4.79 Å². The first kappa shape index (κ1) is 22.1. The molecule has 0 saturated carbocycles. The van der Waals surface area contributed by atoms with Crippen molar-refractivity contribution in [2.75, 3.05) is 23.3 Å². The van der Waals surface area contributed by atoms with Crippen molar-refractivity contribution in [1.29, 1.82) is 0 Å². The molecule has 174 valence electrons. The third kappa shape index (κ3) is 5.11. The average molecular weight is 454 g/mol. The fourth-order valence-corrected chi connectivity index (χ4v) is 4.71. The van der Waals surface area contributed by atoms with E-state index in [0.717, 1.165) is 56.7 Å². The summed E-state index contributed by atoms with van der Waals surface area (Å²) >= 11 is 0. The van der Waals surface area contributed by atoms with E-state index in [-0.39, 0.29) is 5.91 Å². The number of hydrogen-bond acceptors (Lipinski definition) is 4. The van der Waals surface area contributed by atoms with Gasteiger partial charge in [-0.05, 0) is 67.0 Å². The second-order valence-electron chi connectivity index (χ2n) is 9.14. The van der Waals surface area contributed by atoms with E-state index in [1.807, 2.05) is 36.4 Å². The van der Waals surface area contributed by atoms with Crippen molar-refractivity contribution in [1.82, 2.24) is 14.6 Å². The summed E-state index contributed by atoms with van der Waals surface area (Å²) in [5.74, 6) is 2.02. The third-order valence-electron chi connectivity index (χ3n) is 6.61. The maximum atomic E-state index is 12.6. The van der Waals surface area contributed by atoms with Crippen LogP contribution in [0.3, 0.4) is 0 Å². The predicted molar refractivity (Wildman–Crippen MR) is 136 cm³/mol. The van der Waals surface area contributed by atoms with Crippen LogP contribution < -0.4 is 10.2 Å². The molecule has 0 atom stereocenters. The summed E-state index contributed by atoms with van der Waals surface area (Å²) in [5, 5.41) is 7.67. The minimum absolute atomic E-state index is 0.160. The molecule has 1 aliphatic rings. The smallest absolute Gasteiger partial charge is 0.256 e. The zero-order valence-corrected chi connectivity index (χ0v) is 19.7. The number of fused-ring (bicyclic) bond motifs is 1. The summed E-state index contributed by atoms with van der Waals surface area (Å²) in [5.41, 5.74) is 4.01. The SMILES string of the molecule is CCCc1ccc(C(=O)Nc2cn3nc(N4CCC(Cc5ccccc5)CC4)ccc3n2)cc1. The van der Waals surface area contributed by atoms with Gasteiger partial charge in [0.15, 0.2) is 11.5 Å². The van der Waals surface area contributed by atoms with Gasteiger partial charge in [-0.15, -0.1) is 5.10 Å².